The van der Waals surface area contributed by atoms with Gasteiger partial charge in [0, 0.05) is 48.9 Å². The van der Waals surface area contributed by atoms with Crippen molar-refractivity contribution in [1.82, 2.24) is 34.4 Å². The minimum Gasteiger partial charge on any atom is -0.496 e. The number of benzene rings is 1. The van der Waals surface area contributed by atoms with Crippen LogP contribution in [0.15, 0.2) is 24.8 Å². The fourth-order valence-electron chi connectivity index (χ4n) is 5.25. The number of carbonyl (C=O) groups is 1. The Hall–Kier alpha value is -3.66. The normalized spacial score (nSPS) is 14.5. The van der Waals surface area contributed by atoms with Gasteiger partial charge in [-0.25, -0.2) is 14.6 Å². The number of methoxy groups -OCH3 is 1. The highest BCUT2D eigenvalue weighted by molar-refractivity contribution is 6.32. The molecule has 0 saturated carbocycles. The number of hydrogen-bond acceptors (Lipinski definition) is 7. The summed E-state index contributed by atoms with van der Waals surface area (Å²) in [4.78, 5) is 22.1. The number of amides is 1. The predicted octanol–water partition coefficient (Wildman–Crippen LogP) is 3.98. The molecule has 1 aliphatic rings. The molecule has 2 N–H and O–H groups in total. The molecule has 194 valence electrons. The Morgan fingerprint density at radius 2 is 2.00 bits per heavy atom. The van der Waals surface area contributed by atoms with Crippen molar-refractivity contribution in [2.75, 3.05) is 25.9 Å². The third-order valence-corrected chi connectivity index (χ3v) is 7.65. The van der Waals surface area contributed by atoms with Crippen LogP contribution in [0.2, 0.25) is 5.02 Å². The number of fused-ring (bicyclic) bond motifs is 1. The molecule has 10 nitrogen and oxygen atoms in total. The molecular weight excluding hydrogens is 492 g/mol. The van der Waals surface area contributed by atoms with Crippen LogP contribution in [0.4, 0.5) is 5.82 Å². The van der Waals surface area contributed by atoms with Crippen molar-refractivity contribution in [3.8, 4) is 16.9 Å². The van der Waals surface area contributed by atoms with Crippen LogP contribution in [0.5, 0.6) is 5.75 Å². The maximum Gasteiger partial charge on any atom is 0.219 e. The number of anilines is 1. The topological polar surface area (TPSA) is 117 Å². The molecule has 0 unspecified atom stereocenters. The molecule has 1 aromatic carbocycles. The Kier molecular flexibility index (Phi) is 6.76. The molecule has 4 heterocycles. The van der Waals surface area contributed by atoms with Crippen molar-refractivity contribution < 1.29 is 9.53 Å². The summed E-state index contributed by atoms with van der Waals surface area (Å²) < 4.78 is 9.80. The van der Waals surface area contributed by atoms with Gasteiger partial charge in [-0.15, -0.1) is 0 Å². The summed E-state index contributed by atoms with van der Waals surface area (Å²) >= 11 is 6.72. The highest BCUT2D eigenvalue weighted by Gasteiger charge is 2.24. The van der Waals surface area contributed by atoms with Crippen molar-refractivity contribution in [3.05, 3.63) is 46.6 Å². The Labute approximate surface area is 220 Å². The SMILES string of the molecule is COc1c(CCn2nc(C)c3c(N)ncnc32)cc(Cl)c(C)c1-c1cnn(C2CCN(C(C)=O)CC2)c1. The van der Waals surface area contributed by atoms with Crippen LogP contribution < -0.4 is 10.5 Å². The summed E-state index contributed by atoms with van der Waals surface area (Å²) in [6, 6.07) is 2.21. The Morgan fingerprint density at radius 1 is 1.24 bits per heavy atom. The lowest BCUT2D eigenvalue weighted by Crippen LogP contribution is -2.37. The number of likely N-dealkylation sites (tertiary alicyclic amines) is 1. The minimum atomic E-state index is 0.126. The lowest BCUT2D eigenvalue weighted by Gasteiger charge is -2.31. The largest absolute Gasteiger partial charge is 0.496 e. The van der Waals surface area contributed by atoms with Gasteiger partial charge in [0.2, 0.25) is 5.91 Å². The minimum absolute atomic E-state index is 0.126. The number of rotatable bonds is 6. The Morgan fingerprint density at radius 3 is 2.70 bits per heavy atom. The summed E-state index contributed by atoms with van der Waals surface area (Å²) in [7, 11) is 1.68. The van der Waals surface area contributed by atoms with E-state index in [-0.39, 0.29) is 11.9 Å². The number of nitrogens with two attached hydrogens (primary N) is 1. The molecule has 0 atom stereocenters. The van der Waals surface area contributed by atoms with Crippen LogP contribution in [-0.2, 0) is 17.8 Å². The molecule has 4 aromatic rings. The number of piperidine rings is 1. The summed E-state index contributed by atoms with van der Waals surface area (Å²) in [6.45, 7) is 7.59. The van der Waals surface area contributed by atoms with Gasteiger partial charge in [0.25, 0.3) is 0 Å². The predicted molar refractivity (Wildman–Crippen MR) is 143 cm³/mol. The molecule has 0 bridgehead atoms. The molecular formula is C26H31ClN8O2. The van der Waals surface area contributed by atoms with Crippen LogP contribution in [0.3, 0.4) is 0 Å². The number of halogens is 1. The summed E-state index contributed by atoms with van der Waals surface area (Å²) in [5.41, 5.74) is 11.4. The van der Waals surface area contributed by atoms with Crippen molar-refractivity contribution in [2.24, 2.45) is 0 Å². The first-order chi connectivity index (χ1) is 17.8. The maximum atomic E-state index is 11.7. The fraction of sp³-hybridized carbons (Fsp3) is 0.423. The first kappa shape index (κ1) is 25.0. The molecule has 5 rings (SSSR count). The van der Waals surface area contributed by atoms with E-state index in [2.05, 4.69) is 26.4 Å². The summed E-state index contributed by atoms with van der Waals surface area (Å²) in [6.07, 6.45) is 7.77. The fourth-order valence-corrected chi connectivity index (χ4v) is 5.47. The van der Waals surface area contributed by atoms with E-state index in [4.69, 9.17) is 22.1 Å². The van der Waals surface area contributed by atoms with Crippen molar-refractivity contribution >= 4 is 34.4 Å². The lowest BCUT2D eigenvalue weighted by molar-refractivity contribution is -0.130. The van der Waals surface area contributed by atoms with Gasteiger partial charge in [0.1, 0.15) is 17.9 Å². The van der Waals surface area contributed by atoms with Crippen LogP contribution in [0.1, 0.15) is 42.6 Å². The Bertz CT molecular complexity index is 1470. The standard InChI is InChI=1S/C26H31ClN8O2/c1-15-21(27)11-18(5-10-34-26-23(16(2)32-34)25(28)29-14-30-26)24(37-4)22(15)19-12-31-35(13-19)20-6-8-33(9-7-20)17(3)36/h11-14,20H,5-10H2,1-4H3,(H2,28,29,30). The van der Waals surface area contributed by atoms with Crippen molar-refractivity contribution in [1.29, 1.82) is 0 Å². The van der Waals surface area contributed by atoms with E-state index >= 15 is 0 Å². The van der Waals surface area contributed by atoms with E-state index < -0.39 is 0 Å². The highest BCUT2D eigenvalue weighted by Crippen LogP contribution is 2.41. The zero-order chi connectivity index (χ0) is 26.3. The zero-order valence-electron chi connectivity index (χ0n) is 21.5. The van der Waals surface area contributed by atoms with E-state index in [9.17, 15) is 4.79 Å². The Balaban J connectivity index is 1.44. The summed E-state index contributed by atoms with van der Waals surface area (Å²) in [5, 5.41) is 10.8. The van der Waals surface area contributed by atoms with Crippen LogP contribution in [0.25, 0.3) is 22.2 Å². The van der Waals surface area contributed by atoms with Crippen LogP contribution in [-0.4, -0.2) is 60.5 Å². The quantitative estimate of drug-likeness (QED) is 0.407. The molecule has 0 aliphatic carbocycles. The smallest absolute Gasteiger partial charge is 0.219 e. The molecule has 1 saturated heterocycles. The first-order valence-corrected chi connectivity index (χ1v) is 12.8. The number of hydrogen-bond donors (Lipinski definition) is 1. The van der Waals surface area contributed by atoms with Gasteiger partial charge in [-0.3, -0.25) is 9.48 Å². The van der Waals surface area contributed by atoms with E-state index in [0.29, 0.717) is 29.5 Å². The van der Waals surface area contributed by atoms with Crippen LogP contribution >= 0.6 is 11.6 Å². The van der Waals surface area contributed by atoms with E-state index in [1.54, 1.807) is 14.0 Å². The maximum absolute atomic E-state index is 11.7. The number of nitrogens with zero attached hydrogens (tertiary/aromatic N) is 7. The van der Waals surface area contributed by atoms with E-state index in [1.807, 2.05) is 40.4 Å². The first-order valence-electron chi connectivity index (χ1n) is 12.4. The second-order valence-electron chi connectivity index (χ2n) is 9.51. The van der Waals surface area contributed by atoms with Gasteiger partial charge in [0.15, 0.2) is 5.65 Å². The average molecular weight is 523 g/mol. The van der Waals surface area contributed by atoms with Crippen molar-refractivity contribution in [2.45, 2.75) is 52.6 Å². The van der Waals surface area contributed by atoms with Gasteiger partial charge in [-0.2, -0.15) is 10.2 Å². The van der Waals surface area contributed by atoms with Gasteiger partial charge in [-0.05, 0) is 50.3 Å². The number of ether oxygens (including phenoxy) is 1. The monoisotopic (exact) mass is 522 g/mol. The van der Waals surface area contributed by atoms with Gasteiger partial charge < -0.3 is 15.4 Å². The van der Waals surface area contributed by atoms with Gasteiger partial charge >= 0.3 is 0 Å². The van der Waals surface area contributed by atoms with Crippen molar-refractivity contribution in [3.63, 3.8) is 0 Å². The average Bonchev–Trinajstić information content (AvgIpc) is 3.50. The molecule has 37 heavy (non-hydrogen) atoms. The number of aryl methyl sites for hydroxylation is 3. The molecule has 1 amide bonds. The highest BCUT2D eigenvalue weighted by atomic mass is 35.5. The second kappa shape index (κ2) is 10.0. The molecule has 0 radical (unpaired) electrons. The zero-order valence-corrected chi connectivity index (χ0v) is 22.3. The van der Waals surface area contributed by atoms with Gasteiger partial charge in [-0.1, -0.05) is 11.6 Å². The third kappa shape index (κ3) is 4.61. The molecule has 11 heteroatoms. The number of carbonyl (C=O) groups excluding carboxylic acids is 1. The molecule has 3 aromatic heterocycles. The molecule has 0 spiro atoms. The van der Waals surface area contributed by atoms with Crippen LogP contribution in [0, 0.1) is 13.8 Å². The van der Waals surface area contributed by atoms with E-state index in [0.717, 1.165) is 65.0 Å². The summed E-state index contributed by atoms with van der Waals surface area (Å²) in [5.74, 6) is 1.33. The lowest BCUT2D eigenvalue weighted by atomic mass is 9.97. The number of nitrogen functional groups attached to an aromatic ring is 1. The molecule has 1 aliphatic heterocycles. The molecule has 1 fully saturated rings. The number of aromatic nitrogens is 6. The van der Waals surface area contributed by atoms with Gasteiger partial charge in [0.05, 0.1) is 30.4 Å². The third-order valence-electron chi connectivity index (χ3n) is 7.26. The second-order valence-corrected chi connectivity index (χ2v) is 9.92. The van der Waals surface area contributed by atoms with E-state index in [1.165, 1.54) is 6.33 Å².